The molecule has 0 fully saturated rings. The van der Waals surface area contributed by atoms with Gasteiger partial charge in [0.25, 0.3) is 0 Å². The summed E-state index contributed by atoms with van der Waals surface area (Å²) >= 11 is 0. The summed E-state index contributed by atoms with van der Waals surface area (Å²) in [6.07, 6.45) is 1.29. The quantitative estimate of drug-likeness (QED) is 0.604. The molecule has 1 aliphatic heterocycles. The molecule has 74 valence electrons. The van der Waals surface area contributed by atoms with Crippen molar-refractivity contribution in [1.29, 1.82) is 0 Å². The first-order valence-electron chi connectivity index (χ1n) is 4.02. The third-order valence-electron chi connectivity index (χ3n) is 1.81. The van der Waals surface area contributed by atoms with Crippen molar-refractivity contribution in [2.75, 3.05) is 20.4 Å². The second kappa shape index (κ2) is 4.25. The Hall–Kier alpha value is -1.07. The number of ketones is 1. The summed E-state index contributed by atoms with van der Waals surface area (Å²) in [6.45, 7) is 1.74. The van der Waals surface area contributed by atoms with E-state index in [1.807, 2.05) is 0 Å². The highest BCUT2D eigenvalue weighted by Gasteiger charge is 2.26. The van der Waals surface area contributed by atoms with E-state index < -0.39 is 6.17 Å². The van der Waals surface area contributed by atoms with E-state index in [1.165, 1.54) is 6.92 Å². The summed E-state index contributed by atoms with van der Waals surface area (Å²) in [6, 6.07) is 0. The van der Waals surface area contributed by atoms with Crippen LogP contribution in [0.1, 0.15) is 6.92 Å². The van der Waals surface area contributed by atoms with Gasteiger partial charge in [-0.3, -0.25) is 4.79 Å². The van der Waals surface area contributed by atoms with Crippen LogP contribution in [0.5, 0.6) is 0 Å². The van der Waals surface area contributed by atoms with Gasteiger partial charge in [-0.25, -0.2) is 0 Å². The highest BCUT2D eigenvalue weighted by molar-refractivity contribution is 5.81. The molecule has 0 aromatic rings. The number of nitrogens with zero attached hydrogens (tertiary/aromatic N) is 1. The fourth-order valence-electron chi connectivity index (χ4n) is 1.25. The van der Waals surface area contributed by atoms with E-state index >= 15 is 0 Å². The second-order valence-electron chi connectivity index (χ2n) is 2.90. The van der Waals surface area contributed by atoms with Crippen molar-refractivity contribution in [3.8, 4) is 0 Å². The zero-order valence-corrected chi connectivity index (χ0v) is 7.78. The average Bonchev–Trinajstić information content (AvgIpc) is 2.48. The number of rotatable bonds is 4. The van der Waals surface area contributed by atoms with Crippen LogP contribution in [-0.2, 0) is 9.53 Å². The molecule has 5 heteroatoms. The summed E-state index contributed by atoms with van der Waals surface area (Å²) in [7, 11) is 1.56. The van der Waals surface area contributed by atoms with Gasteiger partial charge < -0.3 is 20.1 Å². The second-order valence-corrected chi connectivity index (χ2v) is 2.90. The molecule has 0 radical (unpaired) electrons. The minimum atomic E-state index is -0.401. The standard InChI is InChI=1S/C8H14N2O3/c1-6(12)8-9-7(4-11)3-10(8)5-13-2/h3,8-9,11H,4-5H2,1-2H3. The molecule has 13 heavy (non-hydrogen) atoms. The molecule has 1 heterocycles. The predicted octanol–water partition coefficient (Wildman–Crippen LogP) is -0.756. The maximum Gasteiger partial charge on any atom is 0.172 e. The Morgan fingerprint density at radius 1 is 1.85 bits per heavy atom. The van der Waals surface area contributed by atoms with Crippen molar-refractivity contribution in [2.45, 2.75) is 13.1 Å². The lowest BCUT2D eigenvalue weighted by Gasteiger charge is -2.21. The number of methoxy groups -OCH3 is 1. The summed E-state index contributed by atoms with van der Waals surface area (Å²) in [4.78, 5) is 12.8. The maximum absolute atomic E-state index is 11.1. The largest absolute Gasteiger partial charge is 0.390 e. The highest BCUT2D eigenvalue weighted by Crippen LogP contribution is 2.10. The number of Topliss-reactive ketones (excluding diaryl/α,β-unsaturated/α-hetero) is 1. The van der Waals surface area contributed by atoms with Crippen LogP contribution in [-0.4, -0.2) is 42.4 Å². The summed E-state index contributed by atoms with van der Waals surface area (Å²) in [5.41, 5.74) is 0.636. The van der Waals surface area contributed by atoms with Gasteiger partial charge >= 0.3 is 0 Å². The van der Waals surface area contributed by atoms with E-state index in [2.05, 4.69) is 5.32 Å². The molecular formula is C8H14N2O3. The number of carbonyl (C=O) groups is 1. The molecule has 1 rings (SSSR count). The number of aliphatic hydroxyl groups is 1. The van der Waals surface area contributed by atoms with Gasteiger partial charge in [0.1, 0.15) is 6.73 Å². The molecule has 0 amide bonds. The van der Waals surface area contributed by atoms with Crippen LogP contribution in [0, 0.1) is 0 Å². The molecule has 0 saturated carbocycles. The fraction of sp³-hybridized carbons (Fsp3) is 0.625. The third-order valence-corrected chi connectivity index (χ3v) is 1.81. The van der Waals surface area contributed by atoms with Crippen LogP contribution < -0.4 is 5.32 Å². The predicted molar refractivity (Wildman–Crippen MR) is 46.5 cm³/mol. The lowest BCUT2D eigenvalue weighted by Crippen LogP contribution is -2.42. The maximum atomic E-state index is 11.1. The zero-order valence-electron chi connectivity index (χ0n) is 7.78. The van der Waals surface area contributed by atoms with E-state index in [0.717, 1.165) is 0 Å². The number of hydrogen-bond donors (Lipinski definition) is 2. The number of ether oxygens (including phenoxy) is 1. The van der Waals surface area contributed by atoms with Crippen LogP contribution in [0.25, 0.3) is 0 Å². The van der Waals surface area contributed by atoms with Crippen molar-refractivity contribution < 1.29 is 14.6 Å². The monoisotopic (exact) mass is 186 g/mol. The first-order chi connectivity index (χ1) is 6.19. The van der Waals surface area contributed by atoms with Crippen molar-refractivity contribution in [2.24, 2.45) is 0 Å². The smallest absolute Gasteiger partial charge is 0.172 e. The van der Waals surface area contributed by atoms with Gasteiger partial charge in [-0.05, 0) is 6.92 Å². The van der Waals surface area contributed by atoms with Crippen molar-refractivity contribution >= 4 is 5.78 Å². The van der Waals surface area contributed by atoms with Gasteiger partial charge in [-0.2, -0.15) is 0 Å². The van der Waals surface area contributed by atoms with E-state index in [-0.39, 0.29) is 12.4 Å². The third kappa shape index (κ3) is 2.19. The van der Waals surface area contributed by atoms with Crippen LogP contribution in [0.15, 0.2) is 11.9 Å². The Kier molecular flexibility index (Phi) is 3.27. The molecule has 0 aromatic carbocycles. The lowest BCUT2D eigenvalue weighted by atomic mass is 10.3. The summed E-state index contributed by atoms with van der Waals surface area (Å²) < 4.78 is 4.91. The van der Waals surface area contributed by atoms with E-state index in [4.69, 9.17) is 9.84 Å². The number of carbonyl (C=O) groups excluding carboxylic acids is 1. The minimum Gasteiger partial charge on any atom is -0.390 e. The Bertz CT molecular complexity index is 227. The van der Waals surface area contributed by atoms with E-state index in [9.17, 15) is 4.79 Å². The van der Waals surface area contributed by atoms with Crippen molar-refractivity contribution in [3.63, 3.8) is 0 Å². The molecule has 0 bridgehead atoms. The molecule has 0 aromatic heterocycles. The summed E-state index contributed by atoms with van der Waals surface area (Å²) in [5.74, 6) is -0.00301. The molecule has 5 nitrogen and oxygen atoms in total. The normalized spacial score (nSPS) is 21.3. The number of aliphatic hydroxyl groups excluding tert-OH is 1. The van der Waals surface area contributed by atoms with Crippen LogP contribution >= 0.6 is 0 Å². The van der Waals surface area contributed by atoms with Crippen LogP contribution in [0.4, 0.5) is 0 Å². The Labute approximate surface area is 77.0 Å². The number of hydrogen-bond acceptors (Lipinski definition) is 5. The molecular weight excluding hydrogens is 172 g/mol. The first kappa shape index (κ1) is 10.0. The van der Waals surface area contributed by atoms with Crippen LogP contribution in [0.3, 0.4) is 0 Å². The molecule has 1 unspecified atom stereocenters. The SMILES string of the molecule is COCN1C=C(CO)NC1C(C)=O. The minimum absolute atomic E-state index is 0.00301. The molecule has 1 aliphatic rings. The molecule has 0 saturated heterocycles. The van der Waals surface area contributed by atoms with E-state index in [1.54, 1.807) is 18.2 Å². The molecule has 2 N–H and O–H groups in total. The van der Waals surface area contributed by atoms with Crippen LogP contribution in [0.2, 0.25) is 0 Å². The Morgan fingerprint density at radius 2 is 2.54 bits per heavy atom. The van der Waals surface area contributed by atoms with Crippen molar-refractivity contribution in [1.82, 2.24) is 10.2 Å². The van der Waals surface area contributed by atoms with Gasteiger partial charge in [0.15, 0.2) is 11.9 Å². The Balaban J connectivity index is 2.64. The first-order valence-corrected chi connectivity index (χ1v) is 4.02. The van der Waals surface area contributed by atoms with Gasteiger partial charge in [-0.1, -0.05) is 0 Å². The van der Waals surface area contributed by atoms with Gasteiger partial charge in [0, 0.05) is 13.3 Å². The van der Waals surface area contributed by atoms with Crippen molar-refractivity contribution in [3.05, 3.63) is 11.9 Å². The highest BCUT2D eigenvalue weighted by atomic mass is 16.5. The summed E-state index contributed by atoms with van der Waals surface area (Å²) in [5, 5.41) is 11.7. The molecule has 1 atom stereocenters. The average molecular weight is 186 g/mol. The van der Waals surface area contributed by atoms with Gasteiger partial charge in [0.05, 0.1) is 12.3 Å². The number of nitrogens with one attached hydrogen (secondary N) is 1. The van der Waals surface area contributed by atoms with Gasteiger partial charge in [-0.15, -0.1) is 0 Å². The fourth-order valence-corrected chi connectivity index (χ4v) is 1.25. The topological polar surface area (TPSA) is 61.8 Å². The molecule has 0 aliphatic carbocycles. The van der Waals surface area contributed by atoms with E-state index in [0.29, 0.717) is 12.4 Å². The Morgan fingerprint density at radius 3 is 3.00 bits per heavy atom. The molecule has 0 spiro atoms. The zero-order chi connectivity index (χ0) is 9.84. The van der Waals surface area contributed by atoms with Gasteiger partial charge in [0.2, 0.25) is 0 Å². The lowest BCUT2D eigenvalue weighted by molar-refractivity contribution is -0.122.